The number of amides is 1. The molecule has 0 atom stereocenters. The molecule has 1 aromatic rings. The Balaban J connectivity index is 2.95. The molecule has 0 aromatic heterocycles. The first-order valence-electron chi connectivity index (χ1n) is 5.16. The van der Waals surface area contributed by atoms with Gasteiger partial charge in [-0.05, 0) is 40.6 Å². The van der Waals surface area contributed by atoms with E-state index < -0.39 is 0 Å². The van der Waals surface area contributed by atoms with Gasteiger partial charge in [-0.1, -0.05) is 32.6 Å². The molecule has 0 unspecified atom stereocenters. The summed E-state index contributed by atoms with van der Waals surface area (Å²) in [5, 5.41) is 0. The predicted molar refractivity (Wildman–Crippen MR) is 76.5 cm³/mol. The van der Waals surface area contributed by atoms with Crippen LogP contribution in [0, 0.1) is 9.49 Å². The molecular formula is C13H16INO. The quantitative estimate of drug-likeness (QED) is 0.614. The maximum Gasteiger partial charge on any atom is 0.253 e. The van der Waals surface area contributed by atoms with E-state index >= 15 is 0 Å². The maximum atomic E-state index is 12.1. The Hall–Kier alpha value is -0.840. The van der Waals surface area contributed by atoms with Crippen LogP contribution >= 0.6 is 22.6 Å². The second kappa shape index (κ2) is 5.48. The number of rotatable bonds is 3. The van der Waals surface area contributed by atoms with Gasteiger partial charge in [0, 0.05) is 16.2 Å². The van der Waals surface area contributed by atoms with Gasteiger partial charge in [-0.25, -0.2) is 0 Å². The number of likely N-dealkylation sites (N-methyl/N-ethyl adjacent to an activating group) is 1. The summed E-state index contributed by atoms with van der Waals surface area (Å²) >= 11 is 2.23. The molecule has 0 bridgehead atoms. The number of carbonyl (C=O) groups is 1. The highest BCUT2D eigenvalue weighted by Crippen LogP contribution is 2.23. The van der Waals surface area contributed by atoms with E-state index in [-0.39, 0.29) is 11.8 Å². The van der Waals surface area contributed by atoms with E-state index in [2.05, 4.69) is 29.2 Å². The molecule has 0 aliphatic heterocycles. The van der Waals surface area contributed by atoms with Crippen molar-refractivity contribution < 1.29 is 4.79 Å². The molecule has 0 heterocycles. The molecule has 16 heavy (non-hydrogen) atoms. The zero-order valence-electron chi connectivity index (χ0n) is 9.83. The summed E-state index contributed by atoms with van der Waals surface area (Å²) in [6, 6.07) is 7.81. The molecule has 0 aliphatic rings. The molecule has 2 nitrogen and oxygen atoms in total. The lowest BCUT2D eigenvalue weighted by atomic mass is 10.0. The van der Waals surface area contributed by atoms with Crippen LogP contribution in [0.3, 0.4) is 0 Å². The fraction of sp³-hybridized carbons (Fsp3) is 0.308. The van der Waals surface area contributed by atoms with Crippen LogP contribution in [-0.4, -0.2) is 13.0 Å². The molecule has 1 amide bonds. The third kappa shape index (κ3) is 2.84. The van der Waals surface area contributed by atoms with Crippen LogP contribution in [0.15, 0.2) is 36.4 Å². The summed E-state index contributed by atoms with van der Waals surface area (Å²) in [6.45, 7) is 7.79. The van der Waals surface area contributed by atoms with E-state index in [9.17, 15) is 4.79 Å². The molecule has 3 heteroatoms. The zero-order chi connectivity index (χ0) is 12.3. The zero-order valence-corrected chi connectivity index (χ0v) is 12.0. The molecule has 0 spiro atoms. The SMILES string of the molecule is C=C(C(=O)N(C)c1ccccc1I)C(C)C. The summed E-state index contributed by atoms with van der Waals surface area (Å²) in [4.78, 5) is 13.7. The van der Waals surface area contributed by atoms with Crippen LogP contribution in [0.4, 0.5) is 5.69 Å². The summed E-state index contributed by atoms with van der Waals surface area (Å²) in [5.74, 6) is 0.162. The van der Waals surface area contributed by atoms with Crippen molar-refractivity contribution in [3.8, 4) is 0 Å². The molecular weight excluding hydrogens is 313 g/mol. The standard InChI is InChI=1S/C13H16INO/c1-9(2)10(3)13(16)15(4)12-8-6-5-7-11(12)14/h5-9H,3H2,1-2,4H3. The van der Waals surface area contributed by atoms with Crippen molar-refractivity contribution >= 4 is 34.2 Å². The predicted octanol–water partition coefficient (Wildman–Crippen LogP) is 3.47. The highest BCUT2D eigenvalue weighted by Gasteiger charge is 2.18. The fourth-order valence-electron chi connectivity index (χ4n) is 1.30. The van der Waals surface area contributed by atoms with Gasteiger partial charge in [0.15, 0.2) is 0 Å². The Morgan fingerprint density at radius 2 is 1.94 bits per heavy atom. The lowest BCUT2D eigenvalue weighted by molar-refractivity contribution is -0.115. The molecule has 0 saturated heterocycles. The minimum atomic E-state index is -0.0147. The number of carbonyl (C=O) groups excluding carboxylic acids is 1. The van der Waals surface area contributed by atoms with Crippen LogP contribution in [0.1, 0.15) is 13.8 Å². The van der Waals surface area contributed by atoms with Gasteiger partial charge in [0.2, 0.25) is 0 Å². The van der Waals surface area contributed by atoms with Crippen molar-refractivity contribution in [3.05, 3.63) is 40.0 Å². The first kappa shape index (κ1) is 13.2. The normalized spacial score (nSPS) is 10.3. The van der Waals surface area contributed by atoms with E-state index in [1.807, 2.05) is 38.1 Å². The van der Waals surface area contributed by atoms with Crippen LogP contribution in [-0.2, 0) is 4.79 Å². The van der Waals surface area contributed by atoms with Gasteiger partial charge in [0.05, 0.1) is 5.69 Å². The molecule has 0 N–H and O–H groups in total. The van der Waals surface area contributed by atoms with Gasteiger partial charge in [-0.2, -0.15) is 0 Å². The Morgan fingerprint density at radius 3 is 2.44 bits per heavy atom. The highest BCUT2D eigenvalue weighted by atomic mass is 127. The Morgan fingerprint density at radius 1 is 1.38 bits per heavy atom. The smallest absolute Gasteiger partial charge is 0.253 e. The van der Waals surface area contributed by atoms with E-state index in [0.29, 0.717) is 5.57 Å². The number of anilines is 1. The Labute approximate surface area is 110 Å². The monoisotopic (exact) mass is 329 g/mol. The largest absolute Gasteiger partial charge is 0.311 e. The van der Waals surface area contributed by atoms with Crippen molar-refractivity contribution in [3.63, 3.8) is 0 Å². The van der Waals surface area contributed by atoms with Crippen LogP contribution in [0.25, 0.3) is 0 Å². The topological polar surface area (TPSA) is 20.3 Å². The molecule has 86 valence electrons. The Bertz CT molecular complexity index is 412. The van der Waals surface area contributed by atoms with Gasteiger partial charge in [-0.3, -0.25) is 4.79 Å². The number of hydrogen-bond donors (Lipinski definition) is 0. The van der Waals surface area contributed by atoms with Crippen LogP contribution in [0.5, 0.6) is 0 Å². The first-order chi connectivity index (χ1) is 7.45. The number of nitrogens with zero attached hydrogens (tertiary/aromatic N) is 1. The summed E-state index contributed by atoms with van der Waals surface area (Å²) in [6.07, 6.45) is 0. The van der Waals surface area contributed by atoms with Crippen LogP contribution in [0.2, 0.25) is 0 Å². The van der Waals surface area contributed by atoms with E-state index in [1.165, 1.54) is 0 Å². The second-order valence-corrected chi connectivity index (χ2v) is 5.16. The molecule has 0 radical (unpaired) electrons. The summed E-state index contributed by atoms with van der Waals surface area (Å²) < 4.78 is 1.06. The number of halogens is 1. The van der Waals surface area contributed by atoms with Crippen molar-refractivity contribution in [2.24, 2.45) is 5.92 Å². The summed E-state index contributed by atoms with van der Waals surface area (Å²) in [7, 11) is 1.79. The molecule has 1 rings (SSSR count). The van der Waals surface area contributed by atoms with Gasteiger partial charge in [0.1, 0.15) is 0 Å². The van der Waals surface area contributed by atoms with E-state index in [1.54, 1.807) is 11.9 Å². The number of hydrogen-bond acceptors (Lipinski definition) is 1. The van der Waals surface area contributed by atoms with Gasteiger partial charge >= 0.3 is 0 Å². The van der Waals surface area contributed by atoms with Crippen molar-refractivity contribution in [1.82, 2.24) is 0 Å². The van der Waals surface area contributed by atoms with Crippen molar-refractivity contribution in [2.45, 2.75) is 13.8 Å². The Kier molecular flexibility index (Phi) is 4.53. The van der Waals surface area contributed by atoms with Crippen LogP contribution < -0.4 is 4.90 Å². The number of benzene rings is 1. The van der Waals surface area contributed by atoms with Gasteiger partial charge < -0.3 is 4.90 Å². The minimum Gasteiger partial charge on any atom is -0.311 e. The van der Waals surface area contributed by atoms with Crippen molar-refractivity contribution in [2.75, 3.05) is 11.9 Å². The lowest BCUT2D eigenvalue weighted by Gasteiger charge is -2.21. The average molecular weight is 329 g/mol. The molecule has 0 fully saturated rings. The molecule has 1 aromatic carbocycles. The molecule has 0 saturated carbocycles. The highest BCUT2D eigenvalue weighted by molar-refractivity contribution is 14.1. The van der Waals surface area contributed by atoms with E-state index in [4.69, 9.17) is 0 Å². The minimum absolute atomic E-state index is 0.0147. The third-order valence-electron chi connectivity index (χ3n) is 2.49. The first-order valence-corrected chi connectivity index (χ1v) is 6.24. The van der Waals surface area contributed by atoms with Crippen molar-refractivity contribution in [1.29, 1.82) is 0 Å². The second-order valence-electron chi connectivity index (χ2n) is 4.00. The average Bonchev–Trinajstić information content (AvgIpc) is 2.26. The van der Waals surface area contributed by atoms with Gasteiger partial charge in [0.25, 0.3) is 5.91 Å². The van der Waals surface area contributed by atoms with E-state index in [0.717, 1.165) is 9.26 Å². The third-order valence-corrected chi connectivity index (χ3v) is 3.40. The van der Waals surface area contributed by atoms with Gasteiger partial charge in [-0.15, -0.1) is 0 Å². The lowest BCUT2D eigenvalue weighted by Crippen LogP contribution is -2.29. The fourth-order valence-corrected chi connectivity index (χ4v) is 2.04. The number of para-hydroxylation sites is 1. The summed E-state index contributed by atoms with van der Waals surface area (Å²) in [5.41, 5.74) is 1.57. The molecule has 0 aliphatic carbocycles. The maximum absolute atomic E-state index is 12.1.